The molecule has 0 heterocycles. The van der Waals surface area contributed by atoms with Crippen molar-refractivity contribution in [3.63, 3.8) is 0 Å². The second-order valence-electron chi connectivity index (χ2n) is 8.10. The molecule has 32 heavy (non-hydrogen) atoms. The fraction of sp³-hybridized carbons (Fsp3) is 0.850. The van der Waals surface area contributed by atoms with Crippen LogP contribution in [0.5, 0.6) is 0 Å². The third kappa shape index (κ3) is 10.1. The van der Waals surface area contributed by atoms with Crippen molar-refractivity contribution in [2.75, 3.05) is 13.2 Å². The number of hydrogen-bond donors (Lipinski definition) is 0. The summed E-state index contributed by atoms with van der Waals surface area (Å²) in [6.45, 7) is 8.87. The molecule has 0 fully saturated rings. The second kappa shape index (κ2) is 12.3. The highest BCUT2D eigenvalue weighted by Gasteiger charge is 2.59. The first kappa shape index (κ1) is 30.0. The van der Waals surface area contributed by atoms with Gasteiger partial charge in [-0.3, -0.25) is 14.4 Å². The van der Waals surface area contributed by atoms with E-state index in [1.165, 1.54) is 0 Å². The van der Waals surface area contributed by atoms with Crippen LogP contribution in [0.1, 0.15) is 60.3 Å². The lowest BCUT2D eigenvalue weighted by Crippen LogP contribution is -2.45. The molecule has 188 valence electrons. The Balaban J connectivity index is 4.48. The molecule has 0 aromatic heterocycles. The molecule has 0 bridgehead atoms. The molecule has 0 aliphatic carbocycles. The average Bonchev–Trinajstić information content (AvgIpc) is 2.65. The van der Waals surface area contributed by atoms with E-state index in [1.807, 2.05) is 27.7 Å². The number of rotatable bonds is 12. The number of hydrogen-bond acceptors (Lipinski definition) is 6. The fourth-order valence-corrected chi connectivity index (χ4v) is 2.66. The highest BCUT2D eigenvalue weighted by Crippen LogP contribution is 2.37. The third-order valence-electron chi connectivity index (χ3n) is 5.17. The lowest BCUT2D eigenvalue weighted by atomic mass is 9.72. The number of carbonyl (C=O) groups is 3. The Morgan fingerprint density at radius 2 is 1.28 bits per heavy atom. The largest absolute Gasteiger partial charge is 0.462 e. The van der Waals surface area contributed by atoms with Gasteiger partial charge in [-0.15, -0.1) is 0 Å². The van der Waals surface area contributed by atoms with E-state index in [9.17, 15) is 40.7 Å². The number of halogens is 6. The summed E-state index contributed by atoms with van der Waals surface area (Å²) in [5.41, 5.74) is -0.753. The Labute approximate surface area is 182 Å². The van der Waals surface area contributed by atoms with Crippen LogP contribution in [0.2, 0.25) is 0 Å². The van der Waals surface area contributed by atoms with Crippen molar-refractivity contribution in [1.29, 1.82) is 0 Å². The zero-order valence-electron chi connectivity index (χ0n) is 18.7. The standard InChI is InChI=1S/C20H30F6O6/c1-6-13(4)11-18(5,12(2)3)17(29)31-10-9-30-14(27)7-8-15(28)32-16(19(21,22)23)20(24,25)26/h12-13,16H,6-11H2,1-5H3. The zero-order valence-corrected chi connectivity index (χ0v) is 18.7. The maximum atomic E-state index is 12.5. The van der Waals surface area contributed by atoms with Crippen molar-refractivity contribution >= 4 is 17.9 Å². The molecule has 0 rings (SSSR count). The summed E-state index contributed by atoms with van der Waals surface area (Å²) in [7, 11) is 0. The molecule has 0 N–H and O–H groups in total. The van der Waals surface area contributed by atoms with Crippen LogP contribution >= 0.6 is 0 Å². The van der Waals surface area contributed by atoms with Crippen LogP contribution in [0.25, 0.3) is 0 Å². The molecule has 0 amide bonds. The molecule has 6 nitrogen and oxygen atoms in total. The van der Waals surface area contributed by atoms with Gasteiger partial charge < -0.3 is 14.2 Å². The van der Waals surface area contributed by atoms with Gasteiger partial charge >= 0.3 is 30.3 Å². The fourth-order valence-electron chi connectivity index (χ4n) is 2.66. The summed E-state index contributed by atoms with van der Waals surface area (Å²) in [5, 5.41) is 0. The molecular weight excluding hydrogens is 450 g/mol. The van der Waals surface area contributed by atoms with Crippen LogP contribution in [-0.2, 0) is 28.6 Å². The Bertz CT molecular complexity index is 617. The minimum absolute atomic E-state index is 0.0187. The first-order chi connectivity index (χ1) is 14.4. The topological polar surface area (TPSA) is 78.9 Å². The van der Waals surface area contributed by atoms with E-state index in [1.54, 1.807) is 6.92 Å². The van der Waals surface area contributed by atoms with Gasteiger partial charge in [-0.1, -0.05) is 34.1 Å². The van der Waals surface area contributed by atoms with Crippen LogP contribution < -0.4 is 0 Å². The predicted molar refractivity (Wildman–Crippen MR) is 100 cm³/mol. The number of alkyl halides is 6. The number of esters is 3. The zero-order chi connectivity index (χ0) is 25.3. The summed E-state index contributed by atoms with van der Waals surface area (Å²) < 4.78 is 87.3. The predicted octanol–water partition coefficient (Wildman–Crippen LogP) is 4.99. The second-order valence-corrected chi connectivity index (χ2v) is 8.10. The highest BCUT2D eigenvalue weighted by molar-refractivity contribution is 5.78. The van der Waals surface area contributed by atoms with Gasteiger partial charge in [0.2, 0.25) is 0 Å². The van der Waals surface area contributed by atoms with Crippen molar-refractivity contribution in [3.05, 3.63) is 0 Å². The normalized spacial score (nSPS) is 15.3. The minimum atomic E-state index is -5.84. The van der Waals surface area contributed by atoms with Gasteiger partial charge in [-0.2, -0.15) is 26.3 Å². The quantitative estimate of drug-likeness (QED) is 0.170. The first-order valence-corrected chi connectivity index (χ1v) is 10.1. The SMILES string of the molecule is CCC(C)CC(C)(C(=O)OCCOC(=O)CCC(=O)OC(C(F)(F)F)C(F)(F)F)C(C)C. The maximum Gasteiger partial charge on any atom is 0.434 e. The van der Waals surface area contributed by atoms with Crippen LogP contribution in [0, 0.1) is 17.3 Å². The Morgan fingerprint density at radius 1 is 0.812 bits per heavy atom. The van der Waals surface area contributed by atoms with E-state index in [-0.39, 0.29) is 25.0 Å². The van der Waals surface area contributed by atoms with Crippen LogP contribution in [0.15, 0.2) is 0 Å². The van der Waals surface area contributed by atoms with Crippen molar-refractivity contribution in [3.8, 4) is 0 Å². The summed E-state index contributed by atoms with van der Waals surface area (Å²) in [6, 6.07) is 0. The molecule has 0 saturated carbocycles. The minimum Gasteiger partial charge on any atom is -0.462 e. The Kier molecular flexibility index (Phi) is 11.5. The monoisotopic (exact) mass is 480 g/mol. The lowest BCUT2D eigenvalue weighted by Gasteiger charge is -2.33. The Hall–Kier alpha value is -2.01. The van der Waals surface area contributed by atoms with E-state index in [0.717, 1.165) is 6.42 Å². The molecule has 0 spiro atoms. The number of carbonyl (C=O) groups excluding carboxylic acids is 3. The summed E-state index contributed by atoms with van der Waals surface area (Å²) in [4.78, 5) is 35.3. The molecule has 0 radical (unpaired) electrons. The van der Waals surface area contributed by atoms with Gasteiger partial charge in [0.05, 0.1) is 18.3 Å². The summed E-state index contributed by atoms with van der Waals surface area (Å²) in [5.74, 6) is -3.14. The van der Waals surface area contributed by atoms with Gasteiger partial charge in [0.25, 0.3) is 6.10 Å². The van der Waals surface area contributed by atoms with Crippen molar-refractivity contribution < 1.29 is 54.9 Å². The molecule has 2 atom stereocenters. The summed E-state index contributed by atoms with van der Waals surface area (Å²) in [6.07, 6.45) is -16.3. The van der Waals surface area contributed by atoms with Crippen LogP contribution in [-0.4, -0.2) is 49.6 Å². The average molecular weight is 480 g/mol. The van der Waals surface area contributed by atoms with Crippen LogP contribution in [0.3, 0.4) is 0 Å². The molecule has 12 heteroatoms. The highest BCUT2D eigenvalue weighted by atomic mass is 19.4. The van der Waals surface area contributed by atoms with Crippen molar-refractivity contribution in [2.24, 2.45) is 17.3 Å². The first-order valence-electron chi connectivity index (χ1n) is 10.1. The molecular formula is C20H30F6O6. The van der Waals surface area contributed by atoms with Crippen molar-refractivity contribution in [2.45, 2.75) is 78.8 Å². The molecule has 0 aliphatic rings. The van der Waals surface area contributed by atoms with Gasteiger partial charge in [0.1, 0.15) is 13.2 Å². The molecule has 0 aliphatic heterocycles. The smallest absolute Gasteiger partial charge is 0.434 e. The van der Waals surface area contributed by atoms with Gasteiger partial charge in [0, 0.05) is 0 Å². The summed E-state index contributed by atoms with van der Waals surface area (Å²) >= 11 is 0. The third-order valence-corrected chi connectivity index (χ3v) is 5.17. The van der Waals surface area contributed by atoms with Gasteiger partial charge in [0.15, 0.2) is 0 Å². The Morgan fingerprint density at radius 3 is 1.72 bits per heavy atom. The molecule has 0 aromatic rings. The van der Waals surface area contributed by atoms with E-state index >= 15 is 0 Å². The lowest BCUT2D eigenvalue weighted by molar-refractivity contribution is -0.313. The van der Waals surface area contributed by atoms with Crippen LogP contribution in [0.4, 0.5) is 26.3 Å². The maximum absolute atomic E-state index is 12.5. The van der Waals surface area contributed by atoms with Gasteiger partial charge in [-0.05, 0) is 25.2 Å². The van der Waals surface area contributed by atoms with E-state index < -0.39 is 54.6 Å². The van der Waals surface area contributed by atoms with E-state index in [2.05, 4.69) is 9.47 Å². The van der Waals surface area contributed by atoms with Gasteiger partial charge in [-0.25, -0.2) is 0 Å². The number of ether oxygens (including phenoxy) is 3. The van der Waals surface area contributed by atoms with E-state index in [0.29, 0.717) is 6.42 Å². The molecule has 2 unspecified atom stereocenters. The van der Waals surface area contributed by atoms with E-state index in [4.69, 9.17) is 4.74 Å². The van der Waals surface area contributed by atoms with Crippen molar-refractivity contribution in [1.82, 2.24) is 0 Å². The molecule has 0 aromatic carbocycles. The molecule has 0 saturated heterocycles.